The fraction of sp³-hybridized carbons (Fsp3) is 0.467. The molecule has 1 atom stereocenters. The van der Waals surface area contributed by atoms with Gasteiger partial charge < -0.3 is 4.74 Å². The van der Waals surface area contributed by atoms with Crippen LogP contribution in [0.15, 0.2) is 24.3 Å². The second-order valence-corrected chi connectivity index (χ2v) is 5.30. The zero-order chi connectivity index (χ0) is 13.2. The standard InChI is InChI=1S/C15H19N3O/c1-11-6-7-15-16-14(17-18(15)10-11)9-12-4-3-5-13(8-12)19-2/h3-5,8,11H,6-7,9-10H2,1-2H3. The van der Waals surface area contributed by atoms with Crippen molar-refractivity contribution in [2.45, 2.75) is 32.7 Å². The third kappa shape index (κ3) is 2.62. The Bertz CT molecular complexity index is 577. The molecule has 1 aliphatic heterocycles. The highest BCUT2D eigenvalue weighted by atomic mass is 16.5. The minimum absolute atomic E-state index is 0.707. The van der Waals surface area contributed by atoms with Crippen LogP contribution in [-0.2, 0) is 19.4 Å². The average Bonchev–Trinajstić information content (AvgIpc) is 2.80. The van der Waals surface area contributed by atoms with E-state index in [2.05, 4.69) is 27.8 Å². The van der Waals surface area contributed by atoms with Crippen LogP contribution in [0.25, 0.3) is 0 Å². The van der Waals surface area contributed by atoms with Gasteiger partial charge in [-0.2, -0.15) is 5.10 Å². The molecule has 2 aromatic rings. The second-order valence-electron chi connectivity index (χ2n) is 5.30. The Kier molecular flexibility index (Phi) is 3.23. The zero-order valence-electron chi connectivity index (χ0n) is 11.5. The first-order valence-corrected chi connectivity index (χ1v) is 6.80. The number of aryl methyl sites for hydroxylation is 1. The topological polar surface area (TPSA) is 39.9 Å². The number of benzene rings is 1. The Morgan fingerprint density at radius 2 is 2.32 bits per heavy atom. The summed E-state index contributed by atoms with van der Waals surface area (Å²) in [5.74, 6) is 3.64. The number of nitrogens with zero attached hydrogens (tertiary/aromatic N) is 3. The molecule has 19 heavy (non-hydrogen) atoms. The summed E-state index contributed by atoms with van der Waals surface area (Å²) in [6, 6.07) is 8.09. The van der Waals surface area contributed by atoms with Crippen LogP contribution < -0.4 is 4.74 Å². The van der Waals surface area contributed by atoms with Crippen molar-refractivity contribution in [3.05, 3.63) is 41.5 Å². The van der Waals surface area contributed by atoms with Gasteiger partial charge in [-0.05, 0) is 30.0 Å². The molecule has 3 rings (SSSR count). The van der Waals surface area contributed by atoms with Gasteiger partial charge in [0, 0.05) is 19.4 Å². The Labute approximate surface area is 113 Å². The van der Waals surface area contributed by atoms with Crippen molar-refractivity contribution in [2.24, 2.45) is 5.92 Å². The Hall–Kier alpha value is -1.84. The molecule has 1 aliphatic rings. The maximum atomic E-state index is 5.24. The molecule has 1 aromatic heterocycles. The van der Waals surface area contributed by atoms with Crippen LogP contribution in [0.2, 0.25) is 0 Å². The largest absolute Gasteiger partial charge is 0.497 e. The first kappa shape index (κ1) is 12.2. The smallest absolute Gasteiger partial charge is 0.155 e. The molecule has 0 aliphatic carbocycles. The van der Waals surface area contributed by atoms with Crippen molar-refractivity contribution >= 4 is 0 Å². The lowest BCUT2D eigenvalue weighted by molar-refractivity contribution is 0.367. The van der Waals surface area contributed by atoms with Crippen molar-refractivity contribution < 1.29 is 4.74 Å². The molecule has 0 amide bonds. The second kappa shape index (κ2) is 5.03. The van der Waals surface area contributed by atoms with Gasteiger partial charge in [0.2, 0.25) is 0 Å². The summed E-state index contributed by atoms with van der Waals surface area (Å²) in [5.41, 5.74) is 1.19. The highest BCUT2D eigenvalue weighted by Gasteiger charge is 2.18. The van der Waals surface area contributed by atoms with E-state index in [9.17, 15) is 0 Å². The van der Waals surface area contributed by atoms with Crippen LogP contribution >= 0.6 is 0 Å². The quantitative estimate of drug-likeness (QED) is 0.848. The summed E-state index contributed by atoms with van der Waals surface area (Å²) < 4.78 is 7.31. The van der Waals surface area contributed by atoms with Gasteiger partial charge in [0.15, 0.2) is 5.82 Å². The maximum absolute atomic E-state index is 5.24. The average molecular weight is 257 g/mol. The van der Waals surface area contributed by atoms with Gasteiger partial charge in [-0.25, -0.2) is 9.67 Å². The molecule has 0 fully saturated rings. The van der Waals surface area contributed by atoms with E-state index in [1.165, 1.54) is 12.0 Å². The number of fused-ring (bicyclic) bond motifs is 1. The summed E-state index contributed by atoms with van der Waals surface area (Å²) in [6.45, 7) is 3.27. The molecule has 4 nitrogen and oxygen atoms in total. The summed E-state index contributed by atoms with van der Waals surface area (Å²) in [7, 11) is 1.69. The minimum atomic E-state index is 0.707. The SMILES string of the molecule is COc1cccc(Cc2nc3n(n2)CC(C)CC3)c1. The van der Waals surface area contributed by atoms with Crippen molar-refractivity contribution in [3.63, 3.8) is 0 Å². The van der Waals surface area contributed by atoms with Gasteiger partial charge in [-0.15, -0.1) is 0 Å². The molecule has 0 spiro atoms. The molecule has 1 aromatic carbocycles. The number of methoxy groups -OCH3 is 1. The van der Waals surface area contributed by atoms with Crippen molar-refractivity contribution in [2.75, 3.05) is 7.11 Å². The number of aromatic nitrogens is 3. The third-order valence-electron chi connectivity index (χ3n) is 3.63. The van der Waals surface area contributed by atoms with E-state index in [1.807, 2.05) is 18.2 Å². The first-order chi connectivity index (χ1) is 9.24. The fourth-order valence-corrected chi connectivity index (χ4v) is 2.56. The van der Waals surface area contributed by atoms with Gasteiger partial charge in [0.25, 0.3) is 0 Å². The first-order valence-electron chi connectivity index (χ1n) is 6.80. The van der Waals surface area contributed by atoms with Crippen molar-refractivity contribution in [3.8, 4) is 5.75 Å². The minimum Gasteiger partial charge on any atom is -0.497 e. The molecule has 4 heteroatoms. The van der Waals surface area contributed by atoms with E-state index in [0.717, 1.165) is 36.8 Å². The van der Waals surface area contributed by atoms with Crippen LogP contribution in [0.3, 0.4) is 0 Å². The highest BCUT2D eigenvalue weighted by molar-refractivity contribution is 5.30. The van der Waals surface area contributed by atoms with Gasteiger partial charge >= 0.3 is 0 Å². The summed E-state index contributed by atoms with van der Waals surface area (Å²) in [4.78, 5) is 4.65. The Morgan fingerprint density at radius 3 is 3.16 bits per heavy atom. The van der Waals surface area contributed by atoms with Crippen LogP contribution in [0.1, 0.15) is 30.6 Å². The molecule has 0 radical (unpaired) electrons. The van der Waals surface area contributed by atoms with Gasteiger partial charge in [0.1, 0.15) is 11.6 Å². The Balaban J connectivity index is 1.80. The van der Waals surface area contributed by atoms with Crippen LogP contribution in [-0.4, -0.2) is 21.9 Å². The maximum Gasteiger partial charge on any atom is 0.155 e. The molecular formula is C15H19N3O. The zero-order valence-corrected chi connectivity index (χ0v) is 11.5. The van der Waals surface area contributed by atoms with E-state index in [1.54, 1.807) is 7.11 Å². The van der Waals surface area contributed by atoms with Gasteiger partial charge in [-0.1, -0.05) is 19.1 Å². The van der Waals surface area contributed by atoms with Crippen LogP contribution in [0.4, 0.5) is 0 Å². The van der Waals surface area contributed by atoms with Crippen molar-refractivity contribution in [1.82, 2.24) is 14.8 Å². The van der Waals surface area contributed by atoms with E-state index < -0.39 is 0 Å². The van der Waals surface area contributed by atoms with E-state index >= 15 is 0 Å². The highest BCUT2D eigenvalue weighted by Crippen LogP contribution is 2.19. The third-order valence-corrected chi connectivity index (χ3v) is 3.63. The number of rotatable bonds is 3. The van der Waals surface area contributed by atoms with Crippen LogP contribution in [0, 0.1) is 5.92 Å². The summed E-state index contributed by atoms with van der Waals surface area (Å²) in [6.07, 6.45) is 3.04. The predicted octanol–water partition coefficient (Wildman–Crippen LogP) is 2.46. The molecule has 100 valence electrons. The molecule has 0 saturated carbocycles. The predicted molar refractivity (Wildman–Crippen MR) is 73.3 cm³/mol. The number of hydrogen-bond donors (Lipinski definition) is 0. The Morgan fingerprint density at radius 1 is 1.42 bits per heavy atom. The molecular weight excluding hydrogens is 238 g/mol. The molecule has 1 unspecified atom stereocenters. The lowest BCUT2D eigenvalue weighted by Crippen LogP contribution is -2.18. The lowest BCUT2D eigenvalue weighted by atomic mass is 10.0. The molecule has 2 heterocycles. The van der Waals surface area contributed by atoms with Crippen LogP contribution in [0.5, 0.6) is 5.75 Å². The van der Waals surface area contributed by atoms with E-state index in [0.29, 0.717) is 5.92 Å². The number of ether oxygens (including phenoxy) is 1. The van der Waals surface area contributed by atoms with Gasteiger partial charge in [-0.3, -0.25) is 0 Å². The molecule has 0 bridgehead atoms. The molecule has 0 saturated heterocycles. The lowest BCUT2D eigenvalue weighted by Gasteiger charge is -2.17. The fourth-order valence-electron chi connectivity index (χ4n) is 2.56. The number of hydrogen-bond acceptors (Lipinski definition) is 3. The monoisotopic (exact) mass is 257 g/mol. The van der Waals surface area contributed by atoms with Gasteiger partial charge in [0.05, 0.1) is 7.11 Å². The normalized spacial score (nSPS) is 18.1. The van der Waals surface area contributed by atoms with E-state index in [4.69, 9.17) is 4.74 Å². The summed E-state index contributed by atoms with van der Waals surface area (Å²) >= 11 is 0. The van der Waals surface area contributed by atoms with E-state index in [-0.39, 0.29) is 0 Å². The summed E-state index contributed by atoms with van der Waals surface area (Å²) in [5, 5.41) is 4.62. The molecule has 0 N–H and O–H groups in total. The van der Waals surface area contributed by atoms with Crippen molar-refractivity contribution in [1.29, 1.82) is 0 Å².